The molecule has 3 N–H and O–H groups in total. The third-order valence-corrected chi connectivity index (χ3v) is 3.28. The van der Waals surface area contributed by atoms with Crippen LogP contribution >= 0.6 is 11.3 Å². The fourth-order valence-corrected chi connectivity index (χ4v) is 2.17. The van der Waals surface area contributed by atoms with Gasteiger partial charge in [-0.3, -0.25) is 0 Å². The molecule has 1 aromatic rings. The number of nitrogens with two attached hydrogens (primary N) is 1. The average Bonchev–Trinajstić information content (AvgIpc) is 2.82. The monoisotopic (exact) mass is 183 g/mol. The van der Waals surface area contributed by atoms with Gasteiger partial charge in [0.1, 0.15) is 0 Å². The van der Waals surface area contributed by atoms with Crippen LogP contribution in [0.25, 0.3) is 0 Å². The highest BCUT2D eigenvalue weighted by atomic mass is 32.1. The Kier molecular flexibility index (Phi) is 2.17. The van der Waals surface area contributed by atoms with Gasteiger partial charge >= 0.3 is 0 Å². The lowest BCUT2D eigenvalue weighted by molar-refractivity contribution is 0.285. The average molecular weight is 183 g/mol. The Morgan fingerprint density at radius 2 is 2.42 bits per heavy atom. The summed E-state index contributed by atoms with van der Waals surface area (Å²) in [5, 5.41) is 10.9. The summed E-state index contributed by atoms with van der Waals surface area (Å²) in [6.07, 6.45) is 2.54. The van der Waals surface area contributed by atoms with Gasteiger partial charge in [-0.15, -0.1) is 11.3 Å². The summed E-state index contributed by atoms with van der Waals surface area (Å²) in [7, 11) is 0. The number of thiophene rings is 1. The Bertz CT molecular complexity index is 267. The molecule has 2 nitrogen and oxygen atoms in total. The molecule has 1 fully saturated rings. The molecule has 1 heterocycles. The summed E-state index contributed by atoms with van der Waals surface area (Å²) in [5.41, 5.74) is 7.19. The molecule has 1 saturated carbocycles. The maximum absolute atomic E-state index is 8.86. The molecule has 1 aliphatic rings. The van der Waals surface area contributed by atoms with Crippen molar-refractivity contribution in [2.24, 2.45) is 11.7 Å². The molecule has 12 heavy (non-hydrogen) atoms. The van der Waals surface area contributed by atoms with Crippen LogP contribution < -0.4 is 5.73 Å². The van der Waals surface area contributed by atoms with Crippen LogP contribution in [-0.2, 0) is 6.61 Å². The number of aliphatic hydroxyl groups excluding tert-OH is 1. The molecule has 0 aromatic carbocycles. The van der Waals surface area contributed by atoms with E-state index in [1.165, 1.54) is 18.4 Å². The molecular formula is C9H13NOS. The van der Waals surface area contributed by atoms with Crippen LogP contribution in [0.4, 0.5) is 0 Å². The van der Waals surface area contributed by atoms with E-state index in [9.17, 15) is 0 Å². The second kappa shape index (κ2) is 3.17. The van der Waals surface area contributed by atoms with Crippen LogP contribution in [0.2, 0.25) is 0 Å². The second-order valence-electron chi connectivity index (χ2n) is 3.37. The summed E-state index contributed by atoms with van der Waals surface area (Å²) in [4.78, 5) is 1.01. The minimum Gasteiger partial charge on any atom is -0.391 e. The number of aliphatic hydroxyl groups is 1. The molecule has 0 bridgehead atoms. The van der Waals surface area contributed by atoms with Crippen LogP contribution in [0, 0.1) is 5.92 Å². The predicted molar refractivity (Wildman–Crippen MR) is 49.9 cm³/mol. The first-order chi connectivity index (χ1) is 5.81. The molecule has 0 unspecified atom stereocenters. The van der Waals surface area contributed by atoms with Gasteiger partial charge in [-0.1, -0.05) is 0 Å². The molecule has 0 spiro atoms. The molecule has 0 amide bonds. The van der Waals surface area contributed by atoms with Crippen LogP contribution in [0.1, 0.15) is 29.3 Å². The lowest BCUT2D eigenvalue weighted by Crippen LogP contribution is -2.10. The Morgan fingerprint density at radius 1 is 1.67 bits per heavy atom. The van der Waals surface area contributed by atoms with Gasteiger partial charge in [0, 0.05) is 10.9 Å². The Hall–Kier alpha value is -0.380. The van der Waals surface area contributed by atoms with Gasteiger partial charge < -0.3 is 10.8 Å². The van der Waals surface area contributed by atoms with Gasteiger partial charge in [0.15, 0.2) is 0 Å². The highest BCUT2D eigenvalue weighted by Crippen LogP contribution is 2.40. The van der Waals surface area contributed by atoms with E-state index in [-0.39, 0.29) is 12.6 Å². The fraction of sp³-hybridized carbons (Fsp3) is 0.556. The van der Waals surface area contributed by atoms with E-state index in [0.29, 0.717) is 5.92 Å². The van der Waals surface area contributed by atoms with E-state index in [1.54, 1.807) is 11.3 Å². The van der Waals surface area contributed by atoms with Gasteiger partial charge in [0.25, 0.3) is 0 Å². The van der Waals surface area contributed by atoms with Crippen LogP contribution in [0.3, 0.4) is 0 Å². The SMILES string of the molecule is N[C@@H](c1csc(CO)c1)C1CC1. The fourth-order valence-electron chi connectivity index (χ4n) is 1.38. The summed E-state index contributed by atoms with van der Waals surface area (Å²) in [6.45, 7) is 0.141. The van der Waals surface area contributed by atoms with Crippen molar-refractivity contribution in [1.29, 1.82) is 0 Å². The standard InChI is InChI=1S/C9H13NOS/c10-9(6-1-2-6)7-3-8(4-11)12-5-7/h3,5-6,9,11H,1-2,4,10H2/t9-/m1/s1. The molecule has 3 heteroatoms. The molecular weight excluding hydrogens is 170 g/mol. The largest absolute Gasteiger partial charge is 0.391 e. The highest BCUT2D eigenvalue weighted by Gasteiger charge is 2.29. The van der Waals surface area contributed by atoms with Gasteiger partial charge in [-0.2, -0.15) is 0 Å². The topological polar surface area (TPSA) is 46.2 Å². The van der Waals surface area contributed by atoms with Gasteiger partial charge in [0.05, 0.1) is 6.61 Å². The summed E-state index contributed by atoms with van der Waals surface area (Å²) in [5.74, 6) is 0.700. The van der Waals surface area contributed by atoms with E-state index < -0.39 is 0 Å². The van der Waals surface area contributed by atoms with Crippen molar-refractivity contribution >= 4 is 11.3 Å². The van der Waals surface area contributed by atoms with Crippen molar-refractivity contribution in [2.45, 2.75) is 25.5 Å². The van der Waals surface area contributed by atoms with Crippen molar-refractivity contribution < 1.29 is 5.11 Å². The molecule has 1 aliphatic carbocycles. The van der Waals surface area contributed by atoms with Crippen LogP contribution in [0.5, 0.6) is 0 Å². The molecule has 0 radical (unpaired) electrons. The third-order valence-electron chi connectivity index (χ3n) is 2.34. The quantitative estimate of drug-likeness (QED) is 0.748. The third kappa shape index (κ3) is 1.53. The van der Waals surface area contributed by atoms with Crippen LogP contribution in [0.15, 0.2) is 11.4 Å². The Morgan fingerprint density at radius 3 is 2.92 bits per heavy atom. The lowest BCUT2D eigenvalue weighted by Gasteiger charge is -2.06. The lowest BCUT2D eigenvalue weighted by atomic mass is 10.1. The molecule has 1 aromatic heterocycles. The normalized spacial score (nSPS) is 19.5. The van der Waals surface area contributed by atoms with Crippen molar-refractivity contribution in [1.82, 2.24) is 0 Å². The summed E-state index contributed by atoms with van der Waals surface area (Å²) < 4.78 is 0. The first-order valence-electron chi connectivity index (χ1n) is 4.25. The minimum atomic E-state index is 0.141. The zero-order chi connectivity index (χ0) is 8.55. The van der Waals surface area contributed by atoms with E-state index in [0.717, 1.165) is 4.88 Å². The smallest absolute Gasteiger partial charge is 0.0774 e. The molecule has 0 saturated heterocycles. The highest BCUT2D eigenvalue weighted by molar-refractivity contribution is 7.10. The second-order valence-corrected chi connectivity index (χ2v) is 4.36. The van der Waals surface area contributed by atoms with Crippen molar-refractivity contribution in [3.8, 4) is 0 Å². The van der Waals surface area contributed by atoms with Gasteiger partial charge in [-0.25, -0.2) is 0 Å². The van der Waals surface area contributed by atoms with Crippen molar-refractivity contribution in [2.75, 3.05) is 0 Å². The van der Waals surface area contributed by atoms with E-state index >= 15 is 0 Å². The zero-order valence-electron chi connectivity index (χ0n) is 6.86. The first-order valence-corrected chi connectivity index (χ1v) is 5.13. The van der Waals surface area contributed by atoms with E-state index in [2.05, 4.69) is 5.38 Å². The van der Waals surface area contributed by atoms with E-state index in [1.807, 2.05) is 6.07 Å². The maximum atomic E-state index is 8.86. The zero-order valence-corrected chi connectivity index (χ0v) is 7.68. The maximum Gasteiger partial charge on any atom is 0.0774 e. The Labute approximate surface area is 76.0 Å². The van der Waals surface area contributed by atoms with Gasteiger partial charge in [-0.05, 0) is 35.8 Å². The predicted octanol–water partition coefficient (Wildman–Crippen LogP) is 1.65. The molecule has 1 atom stereocenters. The summed E-state index contributed by atoms with van der Waals surface area (Å²) in [6, 6.07) is 2.23. The molecule has 2 rings (SSSR count). The van der Waals surface area contributed by atoms with Gasteiger partial charge in [0.2, 0.25) is 0 Å². The minimum absolute atomic E-state index is 0.141. The first kappa shape index (κ1) is 8.23. The van der Waals surface area contributed by atoms with Crippen LogP contribution in [-0.4, -0.2) is 5.11 Å². The number of hydrogen-bond donors (Lipinski definition) is 2. The summed E-state index contributed by atoms with van der Waals surface area (Å²) >= 11 is 1.59. The Balaban J connectivity index is 2.10. The van der Waals surface area contributed by atoms with Crippen molar-refractivity contribution in [3.05, 3.63) is 21.9 Å². The van der Waals surface area contributed by atoms with E-state index in [4.69, 9.17) is 10.8 Å². The molecule has 66 valence electrons. The molecule has 0 aliphatic heterocycles. The number of hydrogen-bond acceptors (Lipinski definition) is 3. The number of rotatable bonds is 3. The van der Waals surface area contributed by atoms with Crippen molar-refractivity contribution in [3.63, 3.8) is 0 Å².